The minimum atomic E-state index is 0.412. The summed E-state index contributed by atoms with van der Waals surface area (Å²) in [5.41, 5.74) is 0. The fourth-order valence-electron chi connectivity index (χ4n) is 1.93. The minimum absolute atomic E-state index is 0.412. The van der Waals surface area contributed by atoms with Crippen LogP contribution in [0.4, 0.5) is 5.13 Å². The predicted molar refractivity (Wildman–Crippen MR) is 76.4 cm³/mol. The van der Waals surface area contributed by atoms with E-state index < -0.39 is 0 Å². The summed E-state index contributed by atoms with van der Waals surface area (Å²) in [6.45, 7) is 11.0. The van der Waals surface area contributed by atoms with Crippen molar-refractivity contribution < 1.29 is 0 Å². The Hall–Kier alpha value is -0.720. The molecule has 1 aliphatic rings. The van der Waals surface area contributed by atoms with Gasteiger partial charge in [0.1, 0.15) is 5.82 Å². The maximum atomic E-state index is 4.47. The van der Waals surface area contributed by atoms with Crippen LogP contribution in [0.25, 0.3) is 0 Å². The van der Waals surface area contributed by atoms with E-state index in [2.05, 4.69) is 45.4 Å². The van der Waals surface area contributed by atoms with Crippen molar-refractivity contribution in [3.8, 4) is 0 Å². The normalized spacial score (nSPS) is 18.4. The highest BCUT2D eigenvalue weighted by Gasteiger charge is 2.13. The van der Waals surface area contributed by atoms with Gasteiger partial charge in [0.25, 0.3) is 0 Å². The Morgan fingerprint density at radius 1 is 1.28 bits per heavy atom. The molecule has 1 saturated heterocycles. The van der Waals surface area contributed by atoms with Gasteiger partial charge in [-0.2, -0.15) is 4.37 Å². The van der Waals surface area contributed by atoms with Crippen molar-refractivity contribution in [3.05, 3.63) is 5.82 Å². The Morgan fingerprint density at radius 3 is 2.61 bits per heavy atom. The van der Waals surface area contributed by atoms with Crippen LogP contribution in [0.1, 0.15) is 25.6 Å². The smallest absolute Gasteiger partial charge is 0.202 e. The molecule has 1 fully saturated rings. The molecule has 0 spiro atoms. The van der Waals surface area contributed by atoms with Gasteiger partial charge in [0.2, 0.25) is 5.13 Å². The molecule has 102 valence electrons. The van der Waals surface area contributed by atoms with Crippen molar-refractivity contribution in [2.45, 2.75) is 19.8 Å². The molecule has 0 radical (unpaired) electrons. The summed E-state index contributed by atoms with van der Waals surface area (Å²) in [4.78, 5) is 9.35. The molecule has 18 heavy (non-hydrogen) atoms. The highest BCUT2D eigenvalue weighted by atomic mass is 32.1. The van der Waals surface area contributed by atoms with Gasteiger partial charge < -0.3 is 10.2 Å². The Balaban J connectivity index is 1.68. The van der Waals surface area contributed by atoms with Gasteiger partial charge in [-0.15, -0.1) is 0 Å². The third-order valence-corrected chi connectivity index (χ3v) is 3.95. The van der Waals surface area contributed by atoms with E-state index in [1.165, 1.54) is 37.7 Å². The van der Waals surface area contributed by atoms with E-state index in [-0.39, 0.29) is 0 Å². The third-order valence-electron chi connectivity index (χ3n) is 3.26. The van der Waals surface area contributed by atoms with Gasteiger partial charge in [0, 0.05) is 56.7 Å². The number of nitrogens with one attached hydrogen (secondary N) is 1. The summed E-state index contributed by atoms with van der Waals surface area (Å²) in [6.07, 6.45) is 0. The van der Waals surface area contributed by atoms with E-state index in [4.69, 9.17) is 0 Å². The second kappa shape index (κ2) is 6.45. The number of piperazine rings is 1. The molecular formula is C12H23N5S. The number of hydrogen-bond donors (Lipinski definition) is 1. The SMILES string of the molecule is CC(C)c1nsc(NCCN2CCN(C)CC2)n1. The van der Waals surface area contributed by atoms with Gasteiger partial charge in [-0.1, -0.05) is 13.8 Å². The van der Waals surface area contributed by atoms with Gasteiger partial charge in [-0.05, 0) is 7.05 Å². The largest absolute Gasteiger partial charge is 0.359 e. The average Bonchev–Trinajstić information content (AvgIpc) is 2.81. The second-order valence-corrected chi connectivity index (χ2v) is 5.94. The number of anilines is 1. The first kappa shape index (κ1) is 13.7. The molecule has 0 amide bonds. The molecule has 0 bridgehead atoms. The molecule has 1 aromatic rings. The molecule has 0 saturated carbocycles. The van der Waals surface area contributed by atoms with Crippen LogP contribution < -0.4 is 5.32 Å². The first-order valence-corrected chi connectivity index (χ1v) is 7.41. The number of hydrogen-bond acceptors (Lipinski definition) is 6. The molecule has 0 aromatic carbocycles. The van der Waals surface area contributed by atoms with Crippen molar-refractivity contribution >= 4 is 16.7 Å². The maximum absolute atomic E-state index is 4.47. The van der Waals surface area contributed by atoms with E-state index in [1.54, 1.807) is 0 Å². The lowest BCUT2D eigenvalue weighted by Crippen LogP contribution is -2.45. The van der Waals surface area contributed by atoms with Crippen molar-refractivity contribution in [3.63, 3.8) is 0 Å². The molecule has 1 N–H and O–H groups in total. The fourth-order valence-corrected chi connectivity index (χ4v) is 2.67. The zero-order valence-corrected chi connectivity index (χ0v) is 12.3. The lowest BCUT2D eigenvalue weighted by Gasteiger charge is -2.32. The van der Waals surface area contributed by atoms with Crippen LogP contribution in [0.3, 0.4) is 0 Å². The summed E-state index contributed by atoms with van der Waals surface area (Å²) in [5, 5.41) is 4.32. The number of nitrogens with zero attached hydrogens (tertiary/aromatic N) is 4. The molecule has 6 heteroatoms. The first-order valence-electron chi connectivity index (χ1n) is 6.63. The summed E-state index contributed by atoms with van der Waals surface area (Å²) in [7, 11) is 2.18. The second-order valence-electron chi connectivity index (χ2n) is 5.18. The summed E-state index contributed by atoms with van der Waals surface area (Å²) < 4.78 is 4.34. The fraction of sp³-hybridized carbons (Fsp3) is 0.833. The summed E-state index contributed by atoms with van der Waals surface area (Å²) in [6, 6.07) is 0. The molecular weight excluding hydrogens is 246 g/mol. The van der Waals surface area contributed by atoms with Crippen LogP contribution in [0, 0.1) is 0 Å². The van der Waals surface area contributed by atoms with E-state index >= 15 is 0 Å². The van der Waals surface area contributed by atoms with Crippen LogP contribution in [-0.2, 0) is 0 Å². The van der Waals surface area contributed by atoms with Crippen LogP contribution in [-0.4, -0.2) is 65.5 Å². The van der Waals surface area contributed by atoms with Crippen LogP contribution in [0.2, 0.25) is 0 Å². The Labute approximate surface area is 113 Å². The topological polar surface area (TPSA) is 44.3 Å². The van der Waals surface area contributed by atoms with Crippen LogP contribution >= 0.6 is 11.5 Å². The number of aromatic nitrogens is 2. The van der Waals surface area contributed by atoms with E-state index in [9.17, 15) is 0 Å². The van der Waals surface area contributed by atoms with Crippen molar-refractivity contribution in [2.75, 3.05) is 51.6 Å². The predicted octanol–water partition coefficient (Wildman–Crippen LogP) is 1.32. The molecule has 0 atom stereocenters. The van der Waals surface area contributed by atoms with Crippen LogP contribution in [0.15, 0.2) is 0 Å². The minimum Gasteiger partial charge on any atom is -0.359 e. The Bertz CT molecular complexity index is 357. The number of rotatable bonds is 5. The van der Waals surface area contributed by atoms with Gasteiger partial charge >= 0.3 is 0 Å². The van der Waals surface area contributed by atoms with Gasteiger partial charge in [-0.3, -0.25) is 4.90 Å². The number of likely N-dealkylation sites (N-methyl/N-ethyl adjacent to an activating group) is 1. The van der Waals surface area contributed by atoms with Crippen molar-refractivity contribution in [2.24, 2.45) is 0 Å². The molecule has 2 rings (SSSR count). The lowest BCUT2D eigenvalue weighted by atomic mass is 10.2. The molecule has 2 heterocycles. The van der Waals surface area contributed by atoms with Gasteiger partial charge in [0.15, 0.2) is 0 Å². The first-order chi connectivity index (χ1) is 8.65. The summed E-state index contributed by atoms with van der Waals surface area (Å²) >= 11 is 1.47. The Morgan fingerprint density at radius 2 is 2.00 bits per heavy atom. The van der Waals surface area contributed by atoms with E-state index in [0.29, 0.717) is 5.92 Å². The average molecular weight is 269 g/mol. The van der Waals surface area contributed by atoms with Gasteiger partial charge in [0.05, 0.1) is 0 Å². The quantitative estimate of drug-likeness (QED) is 0.873. The van der Waals surface area contributed by atoms with Gasteiger partial charge in [-0.25, -0.2) is 4.98 Å². The van der Waals surface area contributed by atoms with Crippen molar-refractivity contribution in [1.29, 1.82) is 0 Å². The highest BCUT2D eigenvalue weighted by molar-refractivity contribution is 7.09. The monoisotopic (exact) mass is 269 g/mol. The van der Waals surface area contributed by atoms with E-state index in [1.807, 2.05) is 0 Å². The highest BCUT2D eigenvalue weighted by Crippen LogP contribution is 2.16. The maximum Gasteiger partial charge on any atom is 0.202 e. The lowest BCUT2D eigenvalue weighted by molar-refractivity contribution is 0.158. The van der Waals surface area contributed by atoms with E-state index in [0.717, 1.165) is 24.0 Å². The zero-order chi connectivity index (χ0) is 13.0. The van der Waals surface area contributed by atoms with Crippen molar-refractivity contribution in [1.82, 2.24) is 19.2 Å². The van der Waals surface area contributed by atoms with Crippen LogP contribution in [0.5, 0.6) is 0 Å². The standard InChI is InChI=1S/C12H23N5S/c1-10(2)11-14-12(18-15-11)13-4-5-17-8-6-16(3)7-9-17/h10H,4-9H2,1-3H3,(H,13,14,15). The zero-order valence-electron chi connectivity index (χ0n) is 11.5. The molecule has 1 aliphatic heterocycles. The molecule has 0 aliphatic carbocycles. The third kappa shape index (κ3) is 3.90. The Kier molecular flexibility index (Phi) is 4.91. The summed E-state index contributed by atoms with van der Waals surface area (Å²) in [5.74, 6) is 1.36. The molecule has 1 aromatic heterocycles. The molecule has 5 nitrogen and oxygen atoms in total. The molecule has 0 unspecified atom stereocenters.